The van der Waals surface area contributed by atoms with E-state index in [2.05, 4.69) is 9.93 Å². The zero-order chi connectivity index (χ0) is 23.8. The van der Waals surface area contributed by atoms with Gasteiger partial charge in [0.1, 0.15) is 28.8 Å². The summed E-state index contributed by atoms with van der Waals surface area (Å²) in [6, 6.07) is 15.5. The smallest absolute Gasteiger partial charge is 0.280 e. The van der Waals surface area contributed by atoms with Gasteiger partial charge >= 0.3 is 0 Å². The van der Waals surface area contributed by atoms with Crippen molar-refractivity contribution in [3.05, 3.63) is 77.6 Å². The summed E-state index contributed by atoms with van der Waals surface area (Å²) in [5, 5.41) is 3.83. The number of hydrogen-bond donors (Lipinski definition) is 1. The van der Waals surface area contributed by atoms with Crippen LogP contribution in [0.2, 0.25) is 0 Å². The fraction of sp³-hybridized carbons (Fsp3) is 0.174. The maximum atomic E-state index is 13.3. The van der Waals surface area contributed by atoms with Crippen LogP contribution in [0.25, 0.3) is 0 Å². The normalized spacial score (nSPS) is 11.3. The van der Waals surface area contributed by atoms with E-state index < -0.39 is 10.0 Å². The van der Waals surface area contributed by atoms with Crippen molar-refractivity contribution >= 4 is 16.2 Å². The quantitative estimate of drug-likeness (QED) is 0.355. The maximum absolute atomic E-state index is 13.3. The third-order valence-electron chi connectivity index (χ3n) is 4.52. The lowest BCUT2D eigenvalue weighted by Crippen LogP contribution is -2.19. The fourth-order valence-electron chi connectivity index (χ4n) is 2.89. The summed E-state index contributed by atoms with van der Waals surface area (Å²) in [4.78, 5) is 2.04. The minimum Gasteiger partial charge on any atom is -0.497 e. The number of sulfonamides is 1. The van der Waals surface area contributed by atoms with Gasteiger partial charge in [0.25, 0.3) is 10.0 Å². The molecule has 8 nitrogen and oxygen atoms in total. The molecule has 0 atom stereocenters. The largest absolute Gasteiger partial charge is 0.497 e. The van der Waals surface area contributed by atoms with Crippen molar-refractivity contribution in [1.29, 1.82) is 0 Å². The van der Waals surface area contributed by atoms with Gasteiger partial charge in [0.2, 0.25) is 0 Å². The first-order chi connectivity index (χ1) is 15.9. The van der Waals surface area contributed by atoms with Gasteiger partial charge in [-0.3, -0.25) is 0 Å². The molecule has 10 heteroatoms. The van der Waals surface area contributed by atoms with Crippen molar-refractivity contribution in [3.63, 3.8) is 0 Å². The molecule has 174 valence electrons. The highest BCUT2D eigenvalue weighted by atomic mass is 32.2. The molecule has 0 aliphatic carbocycles. The lowest BCUT2D eigenvalue weighted by Gasteiger charge is -2.12. The summed E-state index contributed by atoms with van der Waals surface area (Å²) in [6.07, 6.45) is 1.32. The minimum absolute atomic E-state index is 0.111. The van der Waals surface area contributed by atoms with E-state index in [1.807, 2.05) is 0 Å². The van der Waals surface area contributed by atoms with Crippen LogP contribution < -0.4 is 23.8 Å². The Morgan fingerprint density at radius 3 is 2.36 bits per heavy atom. The molecule has 0 heterocycles. The first-order valence-corrected chi connectivity index (χ1v) is 11.2. The van der Waals surface area contributed by atoms with E-state index in [1.165, 1.54) is 51.8 Å². The molecule has 0 radical (unpaired) electrons. The van der Waals surface area contributed by atoms with Crippen LogP contribution in [0.15, 0.2) is 70.7 Å². The predicted octanol–water partition coefficient (Wildman–Crippen LogP) is 3.74. The van der Waals surface area contributed by atoms with Gasteiger partial charge in [-0.15, -0.1) is 0 Å². The van der Waals surface area contributed by atoms with Crippen molar-refractivity contribution in [2.24, 2.45) is 5.10 Å². The van der Waals surface area contributed by atoms with Crippen LogP contribution in [0.5, 0.6) is 23.0 Å². The second-order valence-electron chi connectivity index (χ2n) is 6.70. The Bertz CT molecular complexity index is 1250. The predicted molar refractivity (Wildman–Crippen MR) is 121 cm³/mol. The molecule has 0 saturated heterocycles. The van der Waals surface area contributed by atoms with Crippen LogP contribution in [0.3, 0.4) is 0 Å². The number of nitrogens with zero attached hydrogens (tertiary/aromatic N) is 1. The van der Waals surface area contributed by atoms with E-state index in [4.69, 9.17) is 18.9 Å². The van der Waals surface area contributed by atoms with Crippen LogP contribution >= 0.6 is 0 Å². The van der Waals surface area contributed by atoms with Crippen molar-refractivity contribution in [2.45, 2.75) is 11.5 Å². The number of rotatable bonds is 10. The SMILES string of the molecule is COc1ccc(OC)c(S(=O)(=O)N/N=C/c2ccc(OCc3cccc(F)c3)c(OC)c2)c1. The lowest BCUT2D eigenvalue weighted by atomic mass is 10.2. The average Bonchev–Trinajstić information content (AvgIpc) is 2.82. The maximum Gasteiger partial charge on any atom is 0.280 e. The summed E-state index contributed by atoms with van der Waals surface area (Å²) in [7, 11) is 0.266. The van der Waals surface area contributed by atoms with E-state index in [-0.39, 0.29) is 23.1 Å². The first-order valence-electron chi connectivity index (χ1n) is 9.68. The number of halogens is 1. The molecule has 3 aromatic rings. The summed E-state index contributed by atoms with van der Waals surface area (Å²) in [5.74, 6) is 1.02. The van der Waals surface area contributed by atoms with E-state index in [0.29, 0.717) is 28.4 Å². The molecule has 1 N–H and O–H groups in total. The van der Waals surface area contributed by atoms with E-state index >= 15 is 0 Å². The van der Waals surface area contributed by atoms with Crippen LogP contribution in [0.4, 0.5) is 4.39 Å². The Balaban J connectivity index is 1.72. The Kier molecular flexibility index (Phi) is 7.73. The number of benzene rings is 3. The van der Waals surface area contributed by atoms with Crippen molar-refractivity contribution in [2.75, 3.05) is 21.3 Å². The van der Waals surface area contributed by atoms with Gasteiger partial charge in [-0.05, 0) is 53.6 Å². The fourth-order valence-corrected chi connectivity index (χ4v) is 3.86. The molecule has 0 fully saturated rings. The van der Waals surface area contributed by atoms with Crippen LogP contribution in [-0.4, -0.2) is 36.0 Å². The van der Waals surface area contributed by atoms with E-state index in [0.717, 1.165) is 0 Å². The standard InChI is InChI=1S/C23H23FN2O6S/c1-29-19-8-10-21(30-2)23(13-19)33(27,28)26-25-14-16-7-9-20(22(12-16)31-3)32-15-17-5-4-6-18(24)11-17/h4-14,26H,15H2,1-3H3/b25-14+. The molecule has 0 aromatic heterocycles. The highest BCUT2D eigenvalue weighted by Gasteiger charge is 2.20. The van der Waals surface area contributed by atoms with Gasteiger partial charge in [-0.25, -0.2) is 4.39 Å². The average molecular weight is 475 g/mol. The first kappa shape index (κ1) is 23.9. The summed E-state index contributed by atoms with van der Waals surface area (Å²) >= 11 is 0. The number of methoxy groups -OCH3 is 3. The van der Waals surface area contributed by atoms with Gasteiger partial charge in [-0.1, -0.05) is 12.1 Å². The molecule has 0 saturated carbocycles. The van der Waals surface area contributed by atoms with Crippen LogP contribution in [-0.2, 0) is 16.6 Å². The molecule has 0 spiro atoms. The third kappa shape index (κ3) is 6.13. The molecular weight excluding hydrogens is 451 g/mol. The molecule has 0 unspecified atom stereocenters. The lowest BCUT2D eigenvalue weighted by molar-refractivity contribution is 0.284. The zero-order valence-electron chi connectivity index (χ0n) is 18.2. The summed E-state index contributed by atoms with van der Waals surface area (Å²) in [6.45, 7) is 0.156. The van der Waals surface area contributed by atoms with Gasteiger partial charge in [0.15, 0.2) is 11.5 Å². The number of nitrogens with one attached hydrogen (secondary N) is 1. The van der Waals surface area contributed by atoms with Crippen molar-refractivity contribution < 1.29 is 31.8 Å². The highest BCUT2D eigenvalue weighted by molar-refractivity contribution is 7.89. The Morgan fingerprint density at radius 2 is 1.67 bits per heavy atom. The Morgan fingerprint density at radius 1 is 0.909 bits per heavy atom. The molecule has 3 aromatic carbocycles. The molecule has 33 heavy (non-hydrogen) atoms. The highest BCUT2D eigenvalue weighted by Crippen LogP contribution is 2.29. The number of hydrogen-bond acceptors (Lipinski definition) is 7. The molecule has 0 amide bonds. The molecule has 0 aliphatic heterocycles. The third-order valence-corrected chi connectivity index (χ3v) is 5.76. The number of ether oxygens (including phenoxy) is 4. The second kappa shape index (κ2) is 10.7. The van der Waals surface area contributed by atoms with Gasteiger partial charge in [0, 0.05) is 6.07 Å². The molecule has 0 bridgehead atoms. The summed E-state index contributed by atoms with van der Waals surface area (Å²) in [5.41, 5.74) is 1.23. The van der Waals surface area contributed by atoms with Crippen molar-refractivity contribution in [3.8, 4) is 23.0 Å². The molecular formula is C23H23FN2O6S. The topological polar surface area (TPSA) is 95.5 Å². The molecule has 3 rings (SSSR count). The zero-order valence-corrected chi connectivity index (χ0v) is 19.1. The van der Waals surface area contributed by atoms with Crippen LogP contribution in [0, 0.1) is 5.82 Å². The minimum atomic E-state index is -4.01. The van der Waals surface area contributed by atoms with Gasteiger partial charge in [0.05, 0.1) is 27.5 Å². The Hall–Kier alpha value is -3.79. The summed E-state index contributed by atoms with van der Waals surface area (Å²) < 4.78 is 59.9. The van der Waals surface area contributed by atoms with E-state index in [9.17, 15) is 12.8 Å². The molecule has 0 aliphatic rings. The number of hydrazone groups is 1. The second-order valence-corrected chi connectivity index (χ2v) is 8.33. The van der Waals surface area contributed by atoms with Gasteiger partial charge in [-0.2, -0.15) is 18.4 Å². The van der Waals surface area contributed by atoms with Gasteiger partial charge < -0.3 is 18.9 Å². The van der Waals surface area contributed by atoms with Crippen molar-refractivity contribution in [1.82, 2.24) is 4.83 Å². The monoisotopic (exact) mass is 474 g/mol. The van der Waals surface area contributed by atoms with E-state index in [1.54, 1.807) is 36.4 Å². The Labute approximate surface area is 191 Å². The van der Waals surface area contributed by atoms with Crippen LogP contribution in [0.1, 0.15) is 11.1 Å².